The lowest BCUT2D eigenvalue weighted by atomic mass is 9.84. The van der Waals surface area contributed by atoms with Gasteiger partial charge >= 0.3 is 5.97 Å². The van der Waals surface area contributed by atoms with Crippen LogP contribution >= 0.6 is 0 Å². The van der Waals surface area contributed by atoms with Crippen LogP contribution in [0.1, 0.15) is 164 Å². The zero-order valence-corrected chi connectivity index (χ0v) is 40.1. The summed E-state index contributed by atoms with van der Waals surface area (Å²) in [5.74, 6) is -4.75. The van der Waals surface area contributed by atoms with Crippen molar-refractivity contribution < 1.29 is 53.8 Å². The van der Waals surface area contributed by atoms with Crippen molar-refractivity contribution >= 4 is 23.4 Å². The van der Waals surface area contributed by atoms with E-state index in [0.29, 0.717) is 38.2 Å². The number of hydrogen-bond acceptors (Lipinski definition) is 10. The smallest absolute Gasteiger partial charge is 0.326 e. The molecule has 3 fully saturated rings. The zero-order valence-electron chi connectivity index (χ0n) is 40.1. The average Bonchev–Trinajstić information content (AvgIpc) is 3.26. The maximum atomic E-state index is 12.5. The molecule has 62 heavy (non-hydrogen) atoms. The second-order valence-electron chi connectivity index (χ2n) is 17.2. The molecule has 12 heteroatoms. The first-order valence-electron chi connectivity index (χ1n) is 23.4. The number of amides is 1. The summed E-state index contributed by atoms with van der Waals surface area (Å²) < 4.78 is 15.0. The molecular formula is C50H87NO11. The summed E-state index contributed by atoms with van der Waals surface area (Å²) in [6.45, 7) is 12.2. The minimum absolute atomic E-state index is 0.0170. The fraction of sp³-hybridized carbons (Fsp3) is 0.760. The highest BCUT2D eigenvalue weighted by atomic mass is 16.6. The van der Waals surface area contributed by atoms with E-state index in [1.165, 1.54) is 56.9 Å². The van der Waals surface area contributed by atoms with Crippen LogP contribution in [-0.2, 0) is 33.4 Å². The van der Waals surface area contributed by atoms with Crippen molar-refractivity contribution in [2.75, 3.05) is 41.1 Å². The van der Waals surface area contributed by atoms with E-state index in [2.05, 4.69) is 42.9 Å². The Morgan fingerprint density at radius 1 is 0.903 bits per heavy atom. The molecule has 0 aromatic heterocycles. The van der Waals surface area contributed by atoms with Gasteiger partial charge < -0.3 is 39.5 Å². The molecule has 4 N–H and O–H groups in total. The molecule has 1 aliphatic carbocycles. The predicted molar refractivity (Wildman–Crippen MR) is 248 cm³/mol. The number of ether oxygens (including phenoxy) is 3. The topological polar surface area (TPSA) is 180 Å². The van der Waals surface area contributed by atoms with Gasteiger partial charge in [-0.2, -0.15) is 0 Å². The van der Waals surface area contributed by atoms with Crippen molar-refractivity contribution in [3.8, 4) is 0 Å². The van der Waals surface area contributed by atoms with Crippen LogP contribution < -0.4 is 0 Å². The van der Waals surface area contributed by atoms with Gasteiger partial charge in [0.25, 0.3) is 11.7 Å². The number of ketones is 2. The summed E-state index contributed by atoms with van der Waals surface area (Å²) >= 11 is 0. The fourth-order valence-electron chi connectivity index (χ4n) is 7.71. The lowest BCUT2D eigenvalue weighted by Gasteiger charge is -2.38. The molecule has 0 bridgehead atoms. The van der Waals surface area contributed by atoms with Crippen LogP contribution in [0.2, 0.25) is 0 Å². The number of Topliss-reactive ketones (excluding diaryl/α,β-unsaturated/α-hetero) is 2. The standard InChI is InChI=1S/C32H54O3.C14H21NO6.2C2H6O/c1-6-26(2)18-13-9-7-10-14-19-27(3)31(33)25-32(34)28(4)20-15-11-8-12-16-21-29-22-17-23-30(24-29)35-5;1-9-5-4-8-21-14(9,20)11(16)12(17)15-7-3-2-6-10(15)13(18)19;1-3-2;1-2-3/h7,9-10,13,18,20,27,29-30,32,34H,6,8,11-12,14-17,19,21-25H2,1-5H3;9-10,20H,2-8H2,1H3,(H,18,19);1-2H3;3H,2H2,1H3/b10-7+,13-9+,26-18+,28-20+;;;. The molecule has 2 aliphatic heterocycles. The number of allylic oxidation sites excluding steroid dienone is 7. The van der Waals surface area contributed by atoms with Gasteiger partial charge in [0.2, 0.25) is 5.79 Å². The van der Waals surface area contributed by atoms with Crippen LogP contribution in [0, 0.1) is 17.8 Å². The number of methoxy groups -OCH3 is 2. The Bertz CT molecular complexity index is 1370. The van der Waals surface area contributed by atoms with Gasteiger partial charge in [0.05, 0.1) is 18.8 Å². The minimum Gasteiger partial charge on any atom is -0.480 e. The van der Waals surface area contributed by atoms with E-state index in [1.807, 2.05) is 33.1 Å². The van der Waals surface area contributed by atoms with Gasteiger partial charge in [-0.15, -0.1) is 0 Å². The van der Waals surface area contributed by atoms with Gasteiger partial charge in [-0.05, 0) is 109 Å². The van der Waals surface area contributed by atoms with Crippen LogP contribution in [0.3, 0.4) is 0 Å². The summed E-state index contributed by atoms with van der Waals surface area (Å²) in [7, 11) is 5.10. The van der Waals surface area contributed by atoms with Crippen LogP contribution in [0.25, 0.3) is 0 Å². The first-order valence-corrected chi connectivity index (χ1v) is 23.4. The molecule has 0 spiro atoms. The number of hydrogen-bond donors (Lipinski definition) is 4. The lowest BCUT2D eigenvalue weighted by Crippen LogP contribution is -2.59. The highest BCUT2D eigenvalue weighted by molar-refractivity contribution is 6.39. The van der Waals surface area contributed by atoms with E-state index in [9.17, 15) is 29.4 Å². The normalized spacial score (nSPS) is 24.2. The van der Waals surface area contributed by atoms with E-state index in [-0.39, 0.29) is 37.9 Å². The molecule has 0 radical (unpaired) electrons. The predicted octanol–water partition coefficient (Wildman–Crippen LogP) is 9.10. The van der Waals surface area contributed by atoms with Crippen molar-refractivity contribution in [1.82, 2.24) is 4.90 Å². The Balaban J connectivity index is 0.00000116. The third-order valence-corrected chi connectivity index (χ3v) is 12.0. The number of aliphatic carboxylic acids is 1. The number of likely N-dealkylation sites (tertiary alicyclic amines) is 1. The Hall–Kier alpha value is -3.00. The molecule has 0 aromatic rings. The van der Waals surface area contributed by atoms with Gasteiger partial charge in [0.15, 0.2) is 0 Å². The zero-order chi connectivity index (χ0) is 46.9. The monoisotopic (exact) mass is 878 g/mol. The first kappa shape index (κ1) is 59.0. The Kier molecular flexibility index (Phi) is 33.7. The Morgan fingerprint density at radius 2 is 1.58 bits per heavy atom. The number of carboxylic acid groups (broad SMARTS) is 1. The van der Waals surface area contributed by atoms with Gasteiger partial charge in [-0.25, -0.2) is 4.79 Å². The largest absolute Gasteiger partial charge is 0.480 e. The van der Waals surface area contributed by atoms with Crippen molar-refractivity contribution in [3.05, 3.63) is 47.6 Å². The second kappa shape index (κ2) is 35.4. The van der Waals surface area contributed by atoms with Crippen LogP contribution in [0.4, 0.5) is 0 Å². The molecule has 12 nitrogen and oxygen atoms in total. The lowest BCUT2D eigenvalue weighted by molar-refractivity contribution is -0.240. The highest BCUT2D eigenvalue weighted by Crippen LogP contribution is 2.32. The van der Waals surface area contributed by atoms with Crippen molar-refractivity contribution in [3.63, 3.8) is 0 Å². The quantitative estimate of drug-likeness (QED) is 0.0374. The van der Waals surface area contributed by atoms with Gasteiger partial charge in [0, 0.05) is 52.7 Å². The Morgan fingerprint density at radius 3 is 2.21 bits per heavy atom. The molecule has 0 aromatic carbocycles. The molecule has 3 rings (SSSR count). The van der Waals surface area contributed by atoms with Crippen molar-refractivity contribution in [2.45, 2.75) is 188 Å². The molecule has 7 atom stereocenters. The van der Waals surface area contributed by atoms with E-state index in [4.69, 9.17) is 19.7 Å². The molecule has 2 saturated heterocycles. The maximum absolute atomic E-state index is 12.5. The molecule has 7 unspecified atom stereocenters. The number of nitrogens with zero attached hydrogens (tertiary/aromatic N) is 1. The van der Waals surface area contributed by atoms with Gasteiger partial charge in [-0.3, -0.25) is 14.4 Å². The molecule has 358 valence electrons. The molecule has 3 aliphatic rings. The third kappa shape index (κ3) is 24.2. The highest BCUT2D eigenvalue weighted by Gasteiger charge is 2.50. The van der Waals surface area contributed by atoms with Crippen molar-refractivity contribution in [2.24, 2.45) is 17.8 Å². The third-order valence-electron chi connectivity index (χ3n) is 12.0. The van der Waals surface area contributed by atoms with E-state index >= 15 is 0 Å². The second-order valence-corrected chi connectivity index (χ2v) is 17.2. The SMILES string of the molecule is CC/C(C)=C/C=C/C=C/CCC(C)C(=O)CC(O)/C(C)=C/CCCCCCC1CCCC(OC)C1.CC1CCCOC1(O)C(=O)C(=O)N1CCCCC1C(=O)O.CCO.COC. The summed E-state index contributed by atoms with van der Waals surface area (Å²) in [6.07, 6.45) is 30.9. The van der Waals surface area contributed by atoms with E-state index in [1.54, 1.807) is 28.1 Å². The minimum atomic E-state index is -2.13. The number of piperidine rings is 1. The van der Waals surface area contributed by atoms with E-state index in [0.717, 1.165) is 48.5 Å². The number of aliphatic hydroxyl groups excluding tert-OH is 2. The molecule has 2 heterocycles. The summed E-state index contributed by atoms with van der Waals surface area (Å²) in [6, 6.07) is -1.00. The van der Waals surface area contributed by atoms with Crippen LogP contribution in [0.5, 0.6) is 0 Å². The summed E-state index contributed by atoms with van der Waals surface area (Å²) in [5.41, 5.74) is 2.31. The maximum Gasteiger partial charge on any atom is 0.326 e. The molecule has 1 saturated carbocycles. The number of rotatable bonds is 21. The number of carboxylic acids is 1. The Labute approximate surface area is 375 Å². The van der Waals surface area contributed by atoms with E-state index < -0.39 is 41.5 Å². The molecular weight excluding hydrogens is 791 g/mol. The number of aliphatic hydroxyl groups is 3. The molecule has 1 amide bonds. The van der Waals surface area contributed by atoms with Crippen LogP contribution in [0.15, 0.2) is 47.6 Å². The number of unbranched alkanes of at least 4 members (excludes halogenated alkanes) is 4. The summed E-state index contributed by atoms with van der Waals surface area (Å²) in [5, 5.41) is 37.6. The number of carbonyl (C=O) groups is 4. The number of carbonyl (C=O) groups excluding carboxylic acids is 3. The summed E-state index contributed by atoms with van der Waals surface area (Å²) in [4.78, 5) is 49.4. The van der Waals surface area contributed by atoms with Crippen LogP contribution in [-0.4, -0.2) is 114 Å². The van der Waals surface area contributed by atoms with Gasteiger partial charge in [-0.1, -0.05) is 101 Å². The first-order chi connectivity index (χ1) is 29.6. The fourth-order valence-corrected chi connectivity index (χ4v) is 7.71. The van der Waals surface area contributed by atoms with Crippen molar-refractivity contribution in [1.29, 1.82) is 0 Å². The van der Waals surface area contributed by atoms with Gasteiger partial charge in [0.1, 0.15) is 11.8 Å². The average molecular weight is 878 g/mol.